The first kappa shape index (κ1) is 13.1. The number of rotatable bonds is 2. The average Bonchev–Trinajstić information content (AvgIpc) is 2.85. The van der Waals surface area contributed by atoms with E-state index < -0.39 is 0 Å². The van der Waals surface area contributed by atoms with Gasteiger partial charge >= 0.3 is 0 Å². The van der Waals surface area contributed by atoms with Gasteiger partial charge in [-0.15, -0.1) is 0 Å². The summed E-state index contributed by atoms with van der Waals surface area (Å²) in [5.41, 5.74) is 8.14. The van der Waals surface area contributed by atoms with E-state index in [9.17, 15) is 5.26 Å². The fourth-order valence-corrected chi connectivity index (χ4v) is 2.65. The maximum Gasteiger partial charge on any atom is 0.154 e. The molecular formula is C15H15N5O. The van der Waals surface area contributed by atoms with Gasteiger partial charge in [-0.2, -0.15) is 5.26 Å². The topological polar surface area (TPSA) is 99.8 Å². The number of nitrogens with zero attached hydrogens (tertiary/aromatic N) is 2. The molecule has 0 aliphatic carbocycles. The van der Waals surface area contributed by atoms with Crippen molar-refractivity contribution >= 4 is 5.82 Å². The summed E-state index contributed by atoms with van der Waals surface area (Å²) in [6.07, 6.45) is 0. The van der Waals surface area contributed by atoms with Crippen LogP contribution in [-0.2, 0) is 0 Å². The van der Waals surface area contributed by atoms with E-state index in [-0.39, 0.29) is 5.92 Å². The standard InChI is InChI=1S/C15H15N5O/c1-8-18-13-12(9-5-3-4-6-11(9)21-2)10(7-16)14(17)20-15(13)19-8/h3-6,12,20H,17H2,1-2H3,(H,18,19)/t12-/m0/s1. The first-order chi connectivity index (χ1) is 10.2. The molecule has 1 aromatic heterocycles. The number of aryl methyl sites for hydroxylation is 1. The molecule has 1 atom stereocenters. The van der Waals surface area contributed by atoms with Crippen LogP contribution in [0.3, 0.4) is 0 Å². The molecule has 0 amide bonds. The minimum Gasteiger partial charge on any atom is -0.496 e. The fraction of sp³-hybridized carbons (Fsp3) is 0.200. The summed E-state index contributed by atoms with van der Waals surface area (Å²) >= 11 is 0. The predicted molar refractivity (Wildman–Crippen MR) is 78.6 cm³/mol. The van der Waals surface area contributed by atoms with Crippen LogP contribution >= 0.6 is 0 Å². The van der Waals surface area contributed by atoms with Gasteiger partial charge in [0.05, 0.1) is 30.4 Å². The molecule has 0 radical (unpaired) electrons. The van der Waals surface area contributed by atoms with Crippen molar-refractivity contribution in [3.63, 3.8) is 0 Å². The quantitative estimate of drug-likeness (QED) is 0.781. The van der Waals surface area contributed by atoms with E-state index in [0.717, 1.165) is 17.1 Å². The highest BCUT2D eigenvalue weighted by atomic mass is 16.5. The van der Waals surface area contributed by atoms with Crippen molar-refractivity contribution < 1.29 is 4.74 Å². The first-order valence-corrected chi connectivity index (χ1v) is 6.52. The second-order valence-corrected chi connectivity index (χ2v) is 4.82. The van der Waals surface area contributed by atoms with Crippen LogP contribution < -0.4 is 15.8 Å². The monoisotopic (exact) mass is 281 g/mol. The molecule has 6 nitrogen and oxygen atoms in total. The predicted octanol–water partition coefficient (Wildman–Crippen LogP) is 1.98. The maximum absolute atomic E-state index is 9.49. The molecular weight excluding hydrogens is 266 g/mol. The lowest BCUT2D eigenvalue weighted by Crippen LogP contribution is -2.23. The largest absolute Gasteiger partial charge is 0.496 e. The zero-order valence-electron chi connectivity index (χ0n) is 11.8. The van der Waals surface area contributed by atoms with Gasteiger partial charge in [0.25, 0.3) is 0 Å². The van der Waals surface area contributed by atoms with Gasteiger partial charge in [-0.05, 0) is 13.0 Å². The molecule has 21 heavy (non-hydrogen) atoms. The molecule has 1 aliphatic rings. The number of nitrogens with two attached hydrogens (primary N) is 1. The van der Waals surface area contributed by atoms with Crippen LogP contribution in [0, 0.1) is 18.3 Å². The lowest BCUT2D eigenvalue weighted by Gasteiger charge is -2.25. The lowest BCUT2D eigenvalue weighted by atomic mass is 9.86. The second kappa shape index (κ2) is 4.87. The number of nitriles is 1. The van der Waals surface area contributed by atoms with E-state index in [2.05, 4.69) is 21.4 Å². The Labute approximate surface area is 122 Å². The maximum atomic E-state index is 9.49. The molecule has 6 heteroatoms. The highest BCUT2D eigenvalue weighted by Gasteiger charge is 2.33. The number of aromatic amines is 1. The van der Waals surface area contributed by atoms with Gasteiger partial charge in [0.2, 0.25) is 0 Å². The van der Waals surface area contributed by atoms with Crippen LogP contribution in [0.4, 0.5) is 5.82 Å². The van der Waals surface area contributed by atoms with Crippen molar-refractivity contribution in [3.8, 4) is 11.8 Å². The number of allylic oxidation sites excluding steroid dienone is 1. The highest BCUT2D eigenvalue weighted by Crippen LogP contribution is 2.42. The van der Waals surface area contributed by atoms with Gasteiger partial charge in [0, 0.05) is 5.56 Å². The zero-order valence-corrected chi connectivity index (χ0v) is 11.8. The minimum atomic E-state index is -0.316. The third kappa shape index (κ3) is 1.99. The van der Waals surface area contributed by atoms with Crippen molar-refractivity contribution in [2.75, 3.05) is 12.4 Å². The summed E-state index contributed by atoms with van der Waals surface area (Å²) in [4.78, 5) is 7.58. The van der Waals surface area contributed by atoms with Crippen molar-refractivity contribution in [1.29, 1.82) is 5.26 Å². The Morgan fingerprint density at radius 2 is 2.14 bits per heavy atom. The van der Waals surface area contributed by atoms with Crippen LogP contribution in [0.15, 0.2) is 35.7 Å². The smallest absolute Gasteiger partial charge is 0.154 e. The van der Waals surface area contributed by atoms with Gasteiger partial charge in [0.1, 0.15) is 17.4 Å². The van der Waals surface area contributed by atoms with E-state index in [1.165, 1.54) is 0 Å². The van der Waals surface area contributed by atoms with Crippen molar-refractivity contribution in [2.24, 2.45) is 5.73 Å². The summed E-state index contributed by atoms with van der Waals surface area (Å²) in [7, 11) is 1.61. The molecule has 0 bridgehead atoms. The second-order valence-electron chi connectivity index (χ2n) is 4.82. The molecule has 106 valence electrons. The average molecular weight is 281 g/mol. The lowest BCUT2D eigenvalue weighted by molar-refractivity contribution is 0.409. The Bertz CT molecular complexity index is 769. The summed E-state index contributed by atoms with van der Waals surface area (Å²) in [5.74, 6) is 2.14. The van der Waals surface area contributed by atoms with Gasteiger partial charge in [-0.25, -0.2) is 4.98 Å². The third-order valence-corrected chi connectivity index (χ3v) is 3.54. The number of aromatic nitrogens is 2. The minimum absolute atomic E-state index is 0.316. The summed E-state index contributed by atoms with van der Waals surface area (Å²) in [6.45, 7) is 1.86. The number of anilines is 1. The molecule has 1 aliphatic heterocycles. The number of fused-ring (bicyclic) bond motifs is 1. The number of imidazole rings is 1. The van der Waals surface area contributed by atoms with E-state index in [0.29, 0.717) is 23.0 Å². The van der Waals surface area contributed by atoms with E-state index in [4.69, 9.17) is 10.5 Å². The molecule has 0 saturated carbocycles. The number of methoxy groups -OCH3 is 1. The third-order valence-electron chi connectivity index (χ3n) is 3.54. The number of nitrogens with one attached hydrogen (secondary N) is 2. The molecule has 4 N–H and O–H groups in total. The molecule has 2 heterocycles. The Morgan fingerprint density at radius 3 is 2.86 bits per heavy atom. The Kier molecular flexibility index (Phi) is 3.03. The van der Waals surface area contributed by atoms with E-state index in [1.54, 1.807) is 7.11 Å². The highest BCUT2D eigenvalue weighted by molar-refractivity contribution is 5.64. The fourth-order valence-electron chi connectivity index (χ4n) is 2.65. The van der Waals surface area contributed by atoms with Gasteiger partial charge in [0.15, 0.2) is 5.82 Å². The molecule has 0 unspecified atom stereocenters. The zero-order chi connectivity index (χ0) is 15.0. The van der Waals surface area contributed by atoms with Crippen molar-refractivity contribution in [3.05, 3.63) is 52.7 Å². The van der Waals surface area contributed by atoms with E-state index in [1.807, 2.05) is 31.2 Å². The van der Waals surface area contributed by atoms with Crippen molar-refractivity contribution in [1.82, 2.24) is 9.97 Å². The van der Waals surface area contributed by atoms with Crippen LogP contribution in [-0.4, -0.2) is 17.1 Å². The van der Waals surface area contributed by atoms with Gasteiger partial charge in [-0.1, -0.05) is 18.2 Å². The SMILES string of the molecule is COc1ccccc1[C@H]1C(C#N)=C(N)Nc2nc(C)[nH]c21. The van der Waals surface area contributed by atoms with E-state index >= 15 is 0 Å². The molecule has 3 rings (SSSR count). The number of ether oxygens (including phenoxy) is 1. The van der Waals surface area contributed by atoms with Gasteiger partial charge in [-0.3, -0.25) is 0 Å². The number of H-pyrrole nitrogens is 1. The molecule has 0 spiro atoms. The van der Waals surface area contributed by atoms with Crippen LogP contribution in [0.1, 0.15) is 23.0 Å². The van der Waals surface area contributed by atoms with Crippen molar-refractivity contribution in [2.45, 2.75) is 12.8 Å². The normalized spacial score (nSPS) is 16.9. The van der Waals surface area contributed by atoms with Gasteiger partial charge < -0.3 is 20.8 Å². The summed E-state index contributed by atoms with van der Waals surface area (Å²) in [6, 6.07) is 9.79. The summed E-state index contributed by atoms with van der Waals surface area (Å²) in [5, 5.41) is 12.5. The Hall–Kier alpha value is -2.94. The first-order valence-electron chi connectivity index (χ1n) is 6.52. The van der Waals surface area contributed by atoms with Crippen LogP contribution in [0.25, 0.3) is 0 Å². The number of hydrogen-bond donors (Lipinski definition) is 3. The number of para-hydroxylation sites is 1. The number of hydrogen-bond acceptors (Lipinski definition) is 5. The Morgan fingerprint density at radius 1 is 1.38 bits per heavy atom. The van der Waals surface area contributed by atoms with Crippen LogP contribution in [0.5, 0.6) is 5.75 Å². The Balaban J connectivity index is 2.25. The molecule has 2 aromatic rings. The number of benzene rings is 1. The van der Waals surface area contributed by atoms with Crippen LogP contribution in [0.2, 0.25) is 0 Å². The summed E-state index contributed by atoms with van der Waals surface area (Å²) < 4.78 is 5.42. The molecule has 0 saturated heterocycles. The molecule has 1 aromatic carbocycles. The molecule has 0 fully saturated rings.